The van der Waals surface area contributed by atoms with E-state index < -0.39 is 0 Å². The highest BCUT2D eigenvalue weighted by Crippen LogP contribution is 2.17. The zero-order chi connectivity index (χ0) is 12.1. The highest BCUT2D eigenvalue weighted by molar-refractivity contribution is 7.80. The van der Waals surface area contributed by atoms with E-state index in [2.05, 4.69) is 15.7 Å². The molecule has 0 saturated heterocycles. The summed E-state index contributed by atoms with van der Waals surface area (Å²) < 4.78 is 1.82. The van der Waals surface area contributed by atoms with Gasteiger partial charge in [0.05, 0.1) is 6.20 Å². The zero-order valence-electron chi connectivity index (χ0n) is 10.3. The lowest BCUT2D eigenvalue weighted by atomic mass is 10.2. The van der Waals surface area contributed by atoms with Crippen LogP contribution in [0.1, 0.15) is 31.2 Å². The number of nitrogens with one attached hydrogen (secondary N) is 2. The normalized spacial score (nSPS) is 16.1. The van der Waals surface area contributed by atoms with Gasteiger partial charge >= 0.3 is 0 Å². The summed E-state index contributed by atoms with van der Waals surface area (Å²) >= 11 is 5.27. The van der Waals surface area contributed by atoms with Gasteiger partial charge in [-0.05, 0) is 37.0 Å². The van der Waals surface area contributed by atoms with Crippen molar-refractivity contribution in [2.45, 2.75) is 38.1 Å². The molecule has 1 aliphatic carbocycles. The molecule has 94 valence electrons. The van der Waals surface area contributed by atoms with Gasteiger partial charge in [0.15, 0.2) is 5.11 Å². The van der Waals surface area contributed by atoms with E-state index in [4.69, 9.17) is 12.2 Å². The second-order valence-corrected chi connectivity index (χ2v) is 5.06. The first-order chi connectivity index (χ1) is 8.24. The van der Waals surface area contributed by atoms with Crippen molar-refractivity contribution in [3.05, 3.63) is 18.0 Å². The van der Waals surface area contributed by atoms with Crippen LogP contribution in [0.3, 0.4) is 0 Å². The zero-order valence-corrected chi connectivity index (χ0v) is 11.1. The Kier molecular flexibility index (Phi) is 4.36. The largest absolute Gasteiger partial charge is 0.362 e. The van der Waals surface area contributed by atoms with Gasteiger partial charge in [-0.15, -0.1) is 0 Å². The van der Waals surface area contributed by atoms with Crippen molar-refractivity contribution in [3.63, 3.8) is 0 Å². The maximum Gasteiger partial charge on any atom is 0.166 e. The predicted octanol–water partition coefficient (Wildman–Crippen LogP) is 1.37. The molecule has 1 aromatic heterocycles. The molecule has 0 bridgehead atoms. The molecule has 0 atom stereocenters. The molecule has 5 heteroatoms. The third-order valence-corrected chi connectivity index (χ3v) is 3.41. The Morgan fingerprint density at radius 2 is 2.29 bits per heavy atom. The summed E-state index contributed by atoms with van der Waals surface area (Å²) in [5.74, 6) is 0. The highest BCUT2D eigenvalue weighted by atomic mass is 32.1. The van der Waals surface area contributed by atoms with Gasteiger partial charge in [0, 0.05) is 25.8 Å². The fraction of sp³-hybridized carbons (Fsp3) is 0.667. The summed E-state index contributed by atoms with van der Waals surface area (Å²) in [5.41, 5.74) is 1.24. The average molecular weight is 252 g/mol. The first-order valence-electron chi connectivity index (χ1n) is 6.26. The molecule has 0 aromatic carbocycles. The molecular formula is C12H20N4S. The van der Waals surface area contributed by atoms with Crippen molar-refractivity contribution < 1.29 is 0 Å². The molecule has 4 nitrogen and oxygen atoms in total. The predicted molar refractivity (Wildman–Crippen MR) is 72.9 cm³/mol. The summed E-state index contributed by atoms with van der Waals surface area (Å²) in [4.78, 5) is 0. The van der Waals surface area contributed by atoms with Crippen LogP contribution in [0.25, 0.3) is 0 Å². The standard InChI is InChI=1S/C12H20N4S/c1-16-9-10(8-14-16)6-7-13-12(17)15-11-4-2-3-5-11/h8-9,11H,2-7H2,1H3,(H2,13,15,17). The number of aryl methyl sites for hydroxylation is 1. The third-order valence-electron chi connectivity index (χ3n) is 3.15. The fourth-order valence-electron chi connectivity index (χ4n) is 2.23. The molecule has 1 aliphatic rings. The molecule has 1 heterocycles. The Labute approximate surface area is 108 Å². The third kappa shape index (κ3) is 4.00. The molecule has 0 radical (unpaired) electrons. The Bertz CT molecular complexity index is 368. The van der Waals surface area contributed by atoms with Crippen LogP contribution in [0, 0.1) is 0 Å². The summed E-state index contributed by atoms with van der Waals surface area (Å²) in [6, 6.07) is 0.591. The van der Waals surface area contributed by atoms with Crippen LogP contribution in [-0.4, -0.2) is 27.5 Å². The SMILES string of the molecule is Cn1cc(CCNC(=S)NC2CCCC2)cn1. The van der Waals surface area contributed by atoms with Crippen molar-refractivity contribution in [3.8, 4) is 0 Å². The number of thiocarbonyl (C=S) groups is 1. The van der Waals surface area contributed by atoms with Crippen molar-refractivity contribution in [2.24, 2.45) is 7.05 Å². The van der Waals surface area contributed by atoms with Gasteiger partial charge in [-0.1, -0.05) is 12.8 Å². The van der Waals surface area contributed by atoms with Gasteiger partial charge in [-0.25, -0.2) is 0 Å². The van der Waals surface area contributed by atoms with Gasteiger partial charge < -0.3 is 10.6 Å². The Hall–Kier alpha value is -1.10. The van der Waals surface area contributed by atoms with Crippen molar-refractivity contribution in [1.29, 1.82) is 0 Å². The van der Waals surface area contributed by atoms with Crippen LogP contribution in [0.2, 0.25) is 0 Å². The molecule has 2 N–H and O–H groups in total. The van der Waals surface area contributed by atoms with Crippen LogP contribution in [0.5, 0.6) is 0 Å². The number of nitrogens with zero attached hydrogens (tertiary/aromatic N) is 2. The molecule has 17 heavy (non-hydrogen) atoms. The maximum atomic E-state index is 5.27. The van der Waals surface area contributed by atoms with E-state index in [9.17, 15) is 0 Å². The summed E-state index contributed by atoms with van der Waals surface area (Å²) in [7, 11) is 1.93. The van der Waals surface area contributed by atoms with E-state index in [0.29, 0.717) is 6.04 Å². The maximum absolute atomic E-state index is 5.27. The highest BCUT2D eigenvalue weighted by Gasteiger charge is 2.14. The second kappa shape index (κ2) is 6.00. The van der Waals surface area contributed by atoms with E-state index in [1.807, 2.05) is 24.1 Å². The lowest BCUT2D eigenvalue weighted by molar-refractivity contribution is 0.621. The molecule has 1 aromatic rings. The molecule has 0 unspecified atom stereocenters. The average Bonchev–Trinajstić information content (AvgIpc) is 2.90. The van der Waals surface area contributed by atoms with E-state index >= 15 is 0 Å². The van der Waals surface area contributed by atoms with Crippen LogP contribution in [-0.2, 0) is 13.5 Å². The van der Waals surface area contributed by atoms with Gasteiger partial charge in [-0.3, -0.25) is 4.68 Å². The van der Waals surface area contributed by atoms with Crippen LogP contribution in [0.15, 0.2) is 12.4 Å². The summed E-state index contributed by atoms with van der Waals surface area (Å²) in [6.45, 7) is 0.865. The lowest BCUT2D eigenvalue weighted by Gasteiger charge is -2.15. The van der Waals surface area contributed by atoms with Gasteiger partial charge in [0.2, 0.25) is 0 Å². The molecule has 0 aliphatic heterocycles. The Balaban J connectivity index is 1.62. The Morgan fingerprint density at radius 3 is 2.94 bits per heavy atom. The molecule has 0 spiro atoms. The van der Waals surface area contributed by atoms with Gasteiger partial charge in [0.1, 0.15) is 0 Å². The van der Waals surface area contributed by atoms with E-state index in [-0.39, 0.29) is 0 Å². The molecule has 2 rings (SSSR count). The van der Waals surface area contributed by atoms with Crippen molar-refractivity contribution in [1.82, 2.24) is 20.4 Å². The first-order valence-corrected chi connectivity index (χ1v) is 6.67. The molecule has 1 fully saturated rings. The monoisotopic (exact) mass is 252 g/mol. The number of hydrogen-bond acceptors (Lipinski definition) is 2. The first kappa shape index (κ1) is 12.4. The minimum absolute atomic E-state index is 0.591. The van der Waals surface area contributed by atoms with Crippen molar-refractivity contribution in [2.75, 3.05) is 6.54 Å². The molecule has 0 amide bonds. The number of aromatic nitrogens is 2. The van der Waals surface area contributed by atoms with Crippen LogP contribution >= 0.6 is 12.2 Å². The Morgan fingerprint density at radius 1 is 1.53 bits per heavy atom. The molecule has 1 saturated carbocycles. The van der Waals surface area contributed by atoms with E-state index in [1.165, 1.54) is 31.2 Å². The minimum Gasteiger partial charge on any atom is -0.362 e. The quantitative estimate of drug-likeness (QED) is 0.794. The smallest absolute Gasteiger partial charge is 0.166 e. The topological polar surface area (TPSA) is 41.9 Å². The number of rotatable bonds is 4. The summed E-state index contributed by atoms with van der Waals surface area (Å²) in [6.07, 6.45) is 10.1. The second-order valence-electron chi connectivity index (χ2n) is 4.65. The minimum atomic E-state index is 0.591. The molecular weight excluding hydrogens is 232 g/mol. The summed E-state index contributed by atoms with van der Waals surface area (Å²) in [5, 5.41) is 11.6. The van der Waals surface area contributed by atoms with Gasteiger partial charge in [-0.2, -0.15) is 5.10 Å². The van der Waals surface area contributed by atoms with Crippen LogP contribution in [0.4, 0.5) is 0 Å². The van der Waals surface area contributed by atoms with Crippen LogP contribution < -0.4 is 10.6 Å². The van der Waals surface area contributed by atoms with E-state index in [1.54, 1.807) is 0 Å². The number of hydrogen-bond donors (Lipinski definition) is 2. The van der Waals surface area contributed by atoms with Crippen molar-refractivity contribution >= 4 is 17.3 Å². The fourth-order valence-corrected chi connectivity index (χ4v) is 2.50. The lowest BCUT2D eigenvalue weighted by Crippen LogP contribution is -2.41. The van der Waals surface area contributed by atoms with Gasteiger partial charge in [0.25, 0.3) is 0 Å². The van der Waals surface area contributed by atoms with E-state index in [0.717, 1.165) is 18.1 Å².